The summed E-state index contributed by atoms with van der Waals surface area (Å²) >= 11 is 2.09. The van der Waals surface area contributed by atoms with Crippen LogP contribution in [0.15, 0.2) is 0 Å². The van der Waals surface area contributed by atoms with Crippen molar-refractivity contribution in [1.82, 2.24) is 15.1 Å². The second kappa shape index (κ2) is 5.53. The van der Waals surface area contributed by atoms with E-state index in [1.54, 1.807) is 0 Å². The fourth-order valence-electron chi connectivity index (χ4n) is 2.34. The number of nitrogens with zero attached hydrogens (tertiary/aromatic N) is 2. The number of likely N-dealkylation sites (N-methyl/N-ethyl adjacent to an activating group) is 1. The number of thioether (sulfide) groups is 1. The minimum absolute atomic E-state index is 0.718. The van der Waals surface area contributed by atoms with Crippen LogP contribution in [0.25, 0.3) is 0 Å². The fraction of sp³-hybridized carbons (Fsp3) is 1.00. The van der Waals surface area contributed by atoms with Crippen molar-refractivity contribution in [2.24, 2.45) is 0 Å². The monoisotopic (exact) mass is 229 g/mol. The maximum absolute atomic E-state index is 3.62. The molecule has 0 saturated carbocycles. The summed E-state index contributed by atoms with van der Waals surface area (Å²) in [7, 11) is 2.23. The lowest BCUT2D eigenvalue weighted by molar-refractivity contribution is 0.0989. The van der Waals surface area contributed by atoms with E-state index in [0.29, 0.717) is 0 Å². The van der Waals surface area contributed by atoms with Gasteiger partial charge in [0.1, 0.15) is 0 Å². The molecule has 0 spiro atoms. The van der Waals surface area contributed by atoms with Crippen molar-refractivity contribution in [3.05, 3.63) is 0 Å². The lowest BCUT2D eigenvalue weighted by atomic mass is 10.2. The summed E-state index contributed by atoms with van der Waals surface area (Å²) in [6.07, 6.45) is 0. The molecule has 2 rings (SSSR count). The van der Waals surface area contributed by atoms with E-state index in [-0.39, 0.29) is 0 Å². The molecule has 3 nitrogen and oxygen atoms in total. The zero-order valence-corrected chi connectivity index (χ0v) is 10.7. The van der Waals surface area contributed by atoms with Gasteiger partial charge >= 0.3 is 0 Å². The van der Waals surface area contributed by atoms with Crippen LogP contribution in [-0.2, 0) is 0 Å². The molecule has 2 saturated heterocycles. The normalized spacial score (nSPS) is 35.6. The molecule has 4 heteroatoms. The number of nitrogens with one attached hydrogen (secondary N) is 1. The van der Waals surface area contributed by atoms with Crippen molar-refractivity contribution < 1.29 is 0 Å². The Morgan fingerprint density at radius 2 is 2.27 bits per heavy atom. The summed E-state index contributed by atoms with van der Waals surface area (Å²) in [6.45, 7) is 8.46. The molecule has 15 heavy (non-hydrogen) atoms. The van der Waals surface area contributed by atoms with E-state index in [1.807, 2.05) is 0 Å². The molecule has 0 bridgehead atoms. The van der Waals surface area contributed by atoms with Gasteiger partial charge in [0.25, 0.3) is 0 Å². The van der Waals surface area contributed by atoms with Crippen molar-refractivity contribution in [2.75, 3.05) is 51.3 Å². The lowest BCUT2D eigenvalue weighted by Crippen LogP contribution is -2.54. The van der Waals surface area contributed by atoms with Crippen LogP contribution in [0, 0.1) is 0 Å². The largest absolute Gasteiger partial charge is 0.311 e. The molecule has 0 aliphatic carbocycles. The molecule has 0 aromatic carbocycles. The van der Waals surface area contributed by atoms with Crippen LogP contribution >= 0.6 is 11.8 Å². The van der Waals surface area contributed by atoms with Crippen molar-refractivity contribution >= 4 is 11.8 Å². The van der Waals surface area contributed by atoms with Gasteiger partial charge in [-0.3, -0.25) is 4.90 Å². The van der Waals surface area contributed by atoms with E-state index < -0.39 is 0 Å². The first-order valence-corrected chi connectivity index (χ1v) is 7.15. The molecule has 1 N–H and O–H groups in total. The standard InChI is InChI=1S/C11H23N3S/c1-10-7-14(5-4-13(10)2)8-11-9-15-6-3-12-11/h10-12H,3-9H2,1-2H3. The van der Waals surface area contributed by atoms with E-state index >= 15 is 0 Å². The van der Waals surface area contributed by atoms with Gasteiger partial charge in [-0.2, -0.15) is 11.8 Å². The molecule has 2 unspecified atom stereocenters. The third-order valence-corrected chi connectivity index (χ3v) is 4.65. The highest BCUT2D eigenvalue weighted by molar-refractivity contribution is 7.99. The average Bonchev–Trinajstić information content (AvgIpc) is 2.25. The van der Waals surface area contributed by atoms with Crippen molar-refractivity contribution in [3.8, 4) is 0 Å². The summed E-state index contributed by atoms with van der Waals surface area (Å²) in [5, 5.41) is 3.62. The Balaban J connectivity index is 1.74. The summed E-state index contributed by atoms with van der Waals surface area (Å²) < 4.78 is 0. The topological polar surface area (TPSA) is 18.5 Å². The minimum Gasteiger partial charge on any atom is -0.311 e. The Labute approximate surface area is 97.6 Å². The molecule has 2 heterocycles. The minimum atomic E-state index is 0.718. The number of hydrogen-bond acceptors (Lipinski definition) is 4. The molecule has 2 atom stereocenters. The van der Waals surface area contributed by atoms with Gasteiger partial charge < -0.3 is 10.2 Å². The summed E-state index contributed by atoms with van der Waals surface area (Å²) in [5.41, 5.74) is 0. The second-order valence-electron chi connectivity index (χ2n) is 4.82. The molecule has 2 aliphatic rings. The average molecular weight is 229 g/mol. The van der Waals surface area contributed by atoms with Crippen LogP contribution in [0.2, 0.25) is 0 Å². The van der Waals surface area contributed by atoms with Crippen LogP contribution < -0.4 is 5.32 Å². The van der Waals surface area contributed by atoms with E-state index in [1.165, 1.54) is 44.2 Å². The molecule has 2 aliphatic heterocycles. The Bertz CT molecular complexity index is 194. The van der Waals surface area contributed by atoms with Crippen molar-refractivity contribution in [3.63, 3.8) is 0 Å². The Morgan fingerprint density at radius 3 is 2.93 bits per heavy atom. The molecule has 0 aromatic rings. The maximum atomic E-state index is 3.62. The fourth-order valence-corrected chi connectivity index (χ4v) is 3.28. The van der Waals surface area contributed by atoms with Gasteiger partial charge in [-0.05, 0) is 14.0 Å². The van der Waals surface area contributed by atoms with Crippen molar-refractivity contribution in [1.29, 1.82) is 0 Å². The van der Waals surface area contributed by atoms with Gasteiger partial charge in [0, 0.05) is 56.3 Å². The van der Waals surface area contributed by atoms with Gasteiger partial charge in [-0.1, -0.05) is 0 Å². The highest BCUT2D eigenvalue weighted by Crippen LogP contribution is 2.12. The maximum Gasteiger partial charge on any atom is 0.0285 e. The zero-order chi connectivity index (χ0) is 10.7. The first-order chi connectivity index (χ1) is 7.25. The first-order valence-electron chi connectivity index (χ1n) is 5.99. The second-order valence-corrected chi connectivity index (χ2v) is 5.96. The van der Waals surface area contributed by atoms with Crippen LogP contribution in [0.5, 0.6) is 0 Å². The zero-order valence-electron chi connectivity index (χ0n) is 9.91. The summed E-state index contributed by atoms with van der Waals surface area (Å²) in [5.74, 6) is 2.58. The SMILES string of the molecule is CC1CN(CC2CSCCN2)CCN1C. The molecule has 88 valence electrons. The van der Waals surface area contributed by atoms with Gasteiger partial charge in [-0.25, -0.2) is 0 Å². The van der Waals surface area contributed by atoms with Crippen LogP contribution in [-0.4, -0.2) is 73.2 Å². The van der Waals surface area contributed by atoms with Crippen LogP contribution in [0.1, 0.15) is 6.92 Å². The molecule has 0 radical (unpaired) electrons. The predicted octanol–water partition coefficient (Wildman–Crippen LogP) is 0.327. The highest BCUT2D eigenvalue weighted by Gasteiger charge is 2.23. The third-order valence-electron chi connectivity index (χ3n) is 3.52. The van der Waals surface area contributed by atoms with Crippen LogP contribution in [0.4, 0.5) is 0 Å². The van der Waals surface area contributed by atoms with E-state index in [0.717, 1.165) is 12.1 Å². The number of piperazine rings is 1. The number of hydrogen-bond donors (Lipinski definition) is 1. The van der Waals surface area contributed by atoms with Gasteiger partial charge in [0.05, 0.1) is 0 Å². The quantitative estimate of drug-likeness (QED) is 0.735. The Hall–Kier alpha value is 0.230. The van der Waals surface area contributed by atoms with Gasteiger partial charge in [0.15, 0.2) is 0 Å². The lowest BCUT2D eigenvalue weighted by Gasteiger charge is -2.39. The van der Waals surface area contributed by atoms with E-state index in [4.69, 9.17) is 0 Å². The Morgan fingerprint density at radius 1 is 1.40 bits per heavy atom. The first kappa shape index (κ1) is 11.7. The Kier molecular flexibility index (Phi) is 4.31. The molecule has 0 amide bonds. The van der Waals surface area contributed by atoms with Crippen molar-refractivity contribution in [2.45, 2.75) is 19.0 Å². The summed E-state index contributed by atoms with van der Waals surface area (Å²) in [6, 6.07) is 1.44. The highest BCUT2D eigenvalue weighted by atomic mass is 32.2. The van der Waals surface area contributed by atoms with Gasteiger partial charge in [-0.15, -0.1) is 0 Å². The predicted molar refractivity (Wildman–Crippen MR) is 67.6 cm³/mol. The molecular formula is C11H23N3S. The third kappa shape index (κ3) is 3.34. The smallest absolute Gasteiger partial charge is 0.0285 e. The number of rotatable bonds is 2. The van der Waals surface area contributed by atoms with Gasteiger partial charge in [0.2, 0.25) is 0 Å². The molecular weight excluding hydrogens is 206 g/mol. The van der Waals surface area contributed by atoms with Crippen LogP contribution in [0.3, 0.4) is 0 Å². The molecule has 0 aromatic heterocycles. The molecule has 2 fully saturated rings. The van der Waals surface area contributed by atoms with E-state index in [2.05, 4.69) is 40.8 Å². The van der Waals surface area contributed by atoms with E-state index in [9.17, 15) is 0 Å². The summed E-state index contributed by atoms with van der Waals surface area (Å²) in [4.78, 5) is 5.08.